The van der Waals surface area contributed by atoms with Crippen molar-refractivity contribution in [3.05, 3.63) is 132 Å². The Labute approximate surface area is 232 Å². The molecule has 38 heavy (non-hydrogen) atoms. The van der Waals surface area contributed by atoms with Gasteiger partial charge in [0.05, 0.1) is 16.8 Å². The Kier molecular flexibility index (Phi) is 8.00. The van der Waals surface area contributed by atoms with E-state index in [9.17, 15) is 8.42 Å². The summed E-state index contributed by atoms with van der Waals surface area (Å²) in [6, 6.07) is 33.9. The van der Waals surface area contributed by atoms with Gasteiger partial charge in [0.25, 0.3) is 0 Å². The topological polar surface area (TPSA) is 55.2 Å². The summed E-state index contributed by atoms with van der Waals surface area (Å²) in [5, 5.41) is 1.49. The van der Waals surface area contributed by atoms with Crippen molar-refractivity contribution in [3.8, 4) is 16.9 Å². The van der Waals surface area contributed by atoms with Gasteiger partial charge < -0.3 is 0 Å². The summed E-state index contributed by atoms with van der Waals surface area (Å²) in [5.41, 5.74) is 4.52. The van der Waals surface area contributed by atoms with Gasteiger partial charge in [-0.05, 0) is 53.8 Å². The Hall–Kier alpha value is -3.36. The van der Waals surface area contributed by atoms with Crippen molar-refractivity contribution < 1.29 is 8.42 Å². The zero-order valence-corrected chi connectivity index (χ0v) is 23.1. The molecule has 0 aliphatic heterocycles. The number of sulfonamides is 1. The Bertz CT molecular complexity index is 1560. The molecule has 5 rings (SSSR count). The summed E-state index contributed by atoms with van der Waals surface area (Å²) in [6.07, 6.45) is 3.78. The molecular weight excluding hydrogens is 534 g/mol. The van der Waals surface area contributed by atoms with Gasteiger partial charge in [0.1, 0.15) is 0 Å². The molecule has 5 aromatic rings. The lowest BCUT2D eigenvalue weighted by molar-refractivity contribution is 0.401. The number of hydrogen-bond donors (Lipinski definition) is 0. The molecule has 1 heterocycles. The molecule has 0 aliphatic carbocycles. The summed E-state index contributed by atoms with van der Waals surface area (Å²) in [5.74, 6) is 0. The van der Waals surface area contributed by atoms with Crippen LogP contribution >= 0.6 is 23.4 Å². The Morgan fingerprint density at radius 3 is 1.87 bits per heavy atom. The molecule has 0 bridgehead atoms. The fourth-order valence-electron chi connectivity index (χ4n) is 4.27. The first kappa shape index (κ1) is 26.3. The molecule has 5 nitrogen and oxygen atoms in total. The molecule has 192 valence electrons. The van der Waals surface area contributed by atoms with Crippen LogP contribution in [0.2, 0.25) is 5.02 Å². The molecule has 0 amide bonds. The van der Waals surface area contributed by atoms with Crippen molar-refractivity contribution in [3.63, 3.8) is 0 Å². The molecule has 0 aliphatic rings. The zero-order valence-electron chi connectivity index (χ0n) is 20.7. The van der Waals surface area contributed by atoms with Crippen LogP contribution in [0.15, 0.2) is 125 Å². The van der Waals surface area contributed by atoms with E-state index >= 15 is 0 Å². The predicted octanol–water partition coefficient (Wildman–Crippen LogP) is 7.31. The van der Waals surface area contributed by atoms with Gasteiger partial charge in [0.15, 0.2) is 5.16 Å². The van der Waals surface area contributed by atoms with Gasteiger partial charge >= 0.3 is 0 Å². The number of benzene rings is 4. The van der Waals surface area contributed by atoms with Crippen molar-refractivity contribution in [1.29, 1.82) is 0 Å². The fourth-order valence-corrected chi connectivity index (χ4v) is 6.36. The highest BCUT2D eigenvalue weighted by Crippen LogP contribution is 2.31. The Morgan fingerprint density at radius 1 is 0.789 bits per heavy atom. The van der Waals surface area contributed by atoms with Gasteiger partial charge in [-0.3, -0.25) is 4.57 Å². The zero-order chi connectivity index (χ0) is 26.5. The maximum absolute atomic E-state index is 13.9. The summed E-state index contributed by atoms with van der Waals surface area (Å²) in [4.78, 5) is 4.82. The first-order valence-corrected chi connectivity index (χ1v) is 15.1. The third-order valence-corrected chi connectivity index (χ3v) is 8.90. The fraction of sp³-hybridized carbons (Fsp3) is 0.100. The third-order valence-electron chi connectivity index (χ3n) is 6.19. The summed E-state index contributed by atoms with van der Waals surface area (Å²) >= 11 is 7.64. The van der Waals surface area contributed by atoms with E-state index in [0.29, 0.717) is 5.02 Å². The van der Waals surface area contributed by atoms with Crippen LogP contribution in [0, 0.1) is 0 Å². The van der Waals surface area contributed by atoms with Crippen molar-refractivity contribution >= 4 is 33.4 Å². The van der Waals surface area contributed by atoms with Crippen molar-refractivity contribution in [2.45, 2.75) is 23.1 Å². The van der Waals surface area contributed by atoms with Gasteiger partial charge in [-0.1, -0.05) is 96.2 Å². The second-order valence-corrected chi connectivity index (χ2v) is 11.9. The number of halogens is 1. The lowest BCUT2D eigenvalue weighted by Gasteiger charge is -2.23. The number of hydrogen-bond acceptors (Lipinski definition) is 4. The molecule has 8 heteroatoms. The summed E-state index contributed by atoms with van der Waals surface area (Å²) in [7, 11) is -3.77. The molecule has 0 saturated heterocycles. The summed E-state index contributed by atoms with van der Waals surface area (Å²) in [6.45, 7) is 0.556. The van der Waals surface area contributed by atoms with Crippen LogP contribution in [-0.4, -0.2) is 28.5 Å². The van der Waals surface area contributed by atoms with E-state index in [1.807, 2.05) is 108 Å². The third kappa shape index (κ3) is 5.71. The molecule has 0 unspecified atom stereocenters. The second kappa shape index (κ2) is 11.6. The SMILES string of the molecule is CSc1ncc(-c2ccc(S(=O)(=O)N(Cc3ccccc3)Cc3ccccc3)cc2)n1-c1ccc(Cl)cc1. The van der Waals surface area contributed by atoms with Crippen LogP contribution in [0.4, 0.5) is 0 Å². The van der Waals surface area contributed by atoms with Crippen LogP contribution in [0.3, 0.4) is 0 Å². The second-order valence-electron chi connectivity index (χ2n) is 8.71. The van der Waals surface area contributed by atoms with Gasteiger partial charge in [-0.2, -0.15) is 4.31 Å². The number of nitrogens with zero attached hydrogens (tertiary/aromatic N) is 3. The number of imidazole rings is 1. The van der Waals surface area contributed by atoms with Crippen LogP contribution in [0.1, 0.15) is 11.1 Å². The Morgan fingerprint density at radius 2 is 1.34 bits per heavy atom. The predicted molar refractivity (Wildman–Crippen MR) is 155 cm³/mol. The molecule has 0 saturated carbocycles. The number of thioether (sulfide) groups is 1. The quantitative estimate of drug-likeness (QED) is 0.178. The van der Waals surface area contributed by atoms with Crippen LogP contribution in [0.25, 0.3) is 16.9 Å². The maximum Gasteiger partial charge on any atom is 0.243 e. The van der Waals surface area contributed by atoms with E-state index in [1.54, 1.807) is 18.3 Å². The minimum absolute atomic E-state index is 0.246. The van der Waals surface area contributed by atoms with Crippen LogP contribution in [0.5, 0.6) is 0 Å². The van der Waals surface area contributed by atoms with E-state index < -0.39 is 10.0 Å². The van der Waals surface area contributed by atoms with E-state index in [-0.39, 0.29) is 18.0 Å². The van der Waals surface area contributed by atoms with E-state index in [2.05, 4.69) is 4.98 Å². The van der Waals surface area contributed by atoms with Gasteiger partial charge in [0, 0.05) is 29.4 Å². The standard InChI is InChI=1S/C30H26ClN3O2S2/c1-37-30-32-20-29(34(30)27-16-14-26(31)15-17-27)25-12-18-28(19-13-25)38(35,36)33(21-23-8-4-2-5-9-23)22-24-10-6-3-7-11-24/h2-20H,21-22H2,1H3. The minimum Gasteiger partial charge on any atom is -0.287 e. The minimum atomic E-state index is -3.77. The van der Waals surface area contributed by atoms with Gasteiger partial charge in [-0.25, -0.2) is 13.4 Å². The smallest absolute Gasteiger partial charge is 0.243 e. The van der Waals surface area contributed by atoms with Crippen LogP contribution in [-0.2, 0) is 23.1 Å². The molecule has 0 radical (unpaired) electrons. The average Bonchev–Trinajstić information content (AvgIpc) is 3.38. The monoisotopic (exact) mass is 559 g/mol. The highest BCUT2D eigenvalue weighted by Gasteiger charge is 2.25. The van der Waals surface area contributed by atoms with Crippen molar-refractivity contribution in [2.24, 2.45) is 0 Å². The highest BCUT2D eigenvalue weighted by molar-refractivity contribution is 7.98. The van der Waals surface area contributed by atoms with Crippen molar-refractivity contribution in [1.82, 2.24) is 13.9 Å². The molecule has 0 fully saturated rings. The lowest BCUT2D eigenvalue weighted by atomic mass is 10.1. The number of aromatic nitrogens is 2. The van der Waals surface area contributed by atoms with Gasteiger partial charge in [-0.15, -0.1) is 0 Å². The maximum atomic E-state index is 13.9. The van der Waals surface area contributed by atoms with E-state index in [1.165, 1.54) is 16.1 Å². The lowest BCUT2D eigenvalue weighted by Crippen LogP contribution is -2.30. The Balaban J connectivity index is 1.49. The normalized spacial score (nSPS) is 11.7. The summed E-state index contributed by atoms with van der Waals surface area (Å²) < 4.78 is 31.3. The highest BCUT2D eigenvalue weighted by atomic mass is 35.5. The molecule has 4 aromatic carbocycles. The molecule has 0 atom stereocenters. The molecule has 1 aromatic heterocycles. The van der Waals surface area contributed by atoms with Gasteiger partial charge in [0.2, 0.25) is 10.0 Å². The number of rotatable bonds is 9. The average molecular weight is 560 g/mol. The first-order chi connectivity index (χ1) is 18.5. The van der Waals surface area contributed by atoms with E-state index in [0.717, 1.165) is 33.2 Å². The molecule has 0 N–H and O–H groups in total. The van der Waals surface area contributed by atoms with Crippen LogP contribution < -0.4 is 0 Å². The molecular formula is C30H26ClN3O2S2. The molecule has 0 spiro atoms. The first-order valence-electron chi connectivity index (χ1n) is 12.0. The van der Waals surface area contributed by atoms with E-state index in [4.69, 9.17) is 11.6 Å². The largest absolute Gasteiger partial charge is 0.287 e. The van der Waals surface area contributed by atoms with Crippen molar-refractivity contribution in [2.75, 3.05) is 6.26 Å².